The first-order chi connectivity index (χ1) is 9.45. The van der Waals surface area contributed by atoms with Crippen molar-refractivity contribution in [1.29, 1.82) is 0 Å². The highest BCUT2D eigenvalue weighted by Crippen LogP contribution is 2.29. The number of para-hydroxylation sites is 1. The maximum atomic E-state index is 12.0. The number of unbranched alkanes of at least 4 members (excludes halogenated alkanes) is 1. The average molecular weight is 317 g/mol. The van der Waals surface area contributed by atoms with Crippen molar-refractivity contribution in [3.63, 3.8) is 0 Å². The van der Waals surface area contributed by atoms with Gasteiger partial charge in [-0.1, -0.05) is 42.6 Å². The molecule has 1 aromatic carbocycles. The number of hydrogen-bond acceptors (Lipinski definition) is 2. The predicted molar refractivity (Wildman–Crippen MR) is 82.3 cm³/mol. The highest BCUT2D eigenvalue weighted by Gasteiger charge is 2.15. The topological polar surface area (TPSA) is 49.4 Å². The summed E-state index contributed by atoms with van der Waals surface area (Å²) in [5.41, 5.74) is 0.375. The Hall–Kier alpha value is -1.26. The molecule has 0 saturated heterocycles. The molecule has 1 rings (SSSR count). The quantitative estimate of drug-likeness (QED) is 0.872. The molecule has 0 fully saturated rings. The van der Waals surface area contributed by atoms with Gasteiger partial charge in [-0.25, -0.2) is 0 Å². The predicted octanol–water partition coefficient (Wildman–Crippen LogP) is 3.58. The van der Waals surface area contributed by atoms with Gasteiger partial charge in [-0.05, 0) is 18.6 Å². The van der Waals surface area contributed by atoms with Crippen molar-refractivity contribution in [2.75, 3.05) is 18.4 Å². The van der Waals surface area contributed by atoms with Crippen molar-refractivity contribution in [2.24, 2.45) is 0 Å². The summed E-state index contributed by atoms with van der Waals surface area (Å²) in [7, 11) is 0. The first kappa shape index (κ1) is 16.8. The van der Waals surface area contributed by atoms with Crippen LogP contribution in [-0.4, -0.2) is 29.8 Å². The molecule has 2 amide bonds. The van der Waals surface area contributed by atoms with E-state index >= 15 is 0 Å². The lowest BCUT2D eigenvalue weighted by molar-refractivity contribution is -0.132. The van der Waals surface area contributed by atoms with Crippen LogP contribution in [-0.2, 0) is 9.59 Å². The number of anilines is 1. The van der Waals surface area contributed by atoms with Gasteiger partial charge in [0.2, 0.25) is 11.8 Å². The molecule has 0 saturated carbocycles. The van der Waals surface area contributed by atoms with Crippen LogP contribution in [0.3, 0.4) is 0 Å². The molecule has 0 radical (unpaired) electrons. The fourth-order valence-corrected chi connectivity index (χ4v) is 2.16. The second-order valence-electron chi connectivity index (χ2n) is 4.44. The van der Waals surface area contributed by atoms with Gasteiger partial charge >= 0.3 is 0 Å². The van der Waals surface area contributed by atoms with Gasteiger partial charge in [-0.3, -0.25) is 9.59 Å². The van der Waals surface area contributed by atoms with E-state index in [2.05, 4.69) is 5.32 Å². The van der Waals surface area contributed by atoms with E-state index in [1.165, 1.54) is 11.8 Å². The molecule has 0 aliphatic rings. The molecule has 0 spiro atoms. The van der Waals surface area contributed by atoms with E-state index in [0.29, 0.717) is 22.3 Å². The number of halogens is 2. The molecule has 1 aromatic rings. The Labute approximate surface area is 129 Å². The van der Waals surface area contributed by atoms with E-state index < -0.39 is 0 Å². The zero-order valence-corrected chi connectivity index (χ0v) is 13.1. The highest BCUT2D eigenvalue weighted by atomic mass is 35.5. The van der Waals surface area contributed by atoms with Gasteiger partial charge in [0, 0.05) is 13.5 Å². The first-order valence-electron chi connectivity index (χ1n) is 6.45. The summed E-state index contributed by atoms with van der Waals surface area (Å²) < 4.78 is 0. The molecule has 0 aliphatic heterocycles. The Balaban J connectivity index is 2.68. The first-order valence-corrected chi connectivity index (χ1v) is 7.20. The Morgan fingerprint density at radius 1 is 1.25 bits per heavy atom. The van der Waals surface area contributed by atoms with E-state index in [1.54, 1.807) is 18.2 Å². The zero-order valence-electron chi connectivity index (χ0n) is 11.6. The van der Waals surface area contributed by atoms with Gasteiger partial charge in [0.05, 0.1) is 22.3 Å². The number of nitrogens with zero attached hydrogens (tertiary/aromatic N) is 1. The number of benzene rings is 1. The van der Waals surface area contributed by atoms with Crippen LogP contribution in [0.2, 0.25) is 10.0 Å². The number of hydrogen-bond donors (Lipinski definition) is 1. The van der Waals surface area contributed by atoms with Gasteiger partial charge in [0.15, 0.2) is 0 Å². The summed E-state index contributed by atoms with van der Waals surface area (Å²) in [6, 6.07) is 4.98. The van der Waals surface area contributed by atoms with Crippen LogP contribution in [0, 0.1) is 0 Å². The van der Waals surface area contributed by atoms with Gasteiger partial charge in [0.25, 0.3) is 0 Å². The van der Waals surface area contributed by atoms with Crippen molar-refractivity contribution in [2.45, 2.75) is 26.7 Å². The van der Waals surface area contributed by atoms with Crippen molar-refractivity contribution < 1.29 is 9.59 Å². The summed E-state index contributed by atoms with van der Waals surface area (Å²) in [5.74, 6) is -0.440. The monoisotopic (exact) mass is 316 g/mol. The standard InChI is InChI=1S/C14H18Cl2N2O2/c1-3-4-8-18(10(2)19)9-13(20)17-14-11(15)6-5-7-12(14)16/h5-7H,3-4,8-9H2,1-2H3,(H,17,20). The lowest BCUT2D eigenvalue weighted by Gasteiger charge is -2.20. The van der Waals surface area contributed by atoms with Crippen molar-refractivity contribution in [3.8, 4) is 0 Å². The summed E-state index contributed by atoms with van der Waals surface area (Å²) in [4.78, 5) is 24.9. The minimum atomic E-state index is -0.314. The van der Waals surface area contributed by atoms with E-state index in [0.717, 1.165) is 12.8 Å². The number of carbonyl (C=O) groups excluding carboxylic acids is 2. The van der Waals surface area contributed by atoms with Crippen LogP contribution in [0.15, 0.2) is 18.2 Å². The Kier molecular flexibility index (Phi) is 6.82. The molecule has 6 heteroatoms. The largest absolute Gasteiger partial charge is 0.334 e. The fraction of sp³-hybridized carbons (Fsp3) is 0.429. The van der Waals surface area contributed by atoms with Crippen LogP contribution < -0.4 is 5.32 Å². The van der Waals surface area contributed by atoms with Crippen LogP contribution in [0.25, 0.3) is 0 Å². The zero-order chi connectivity index (χ0) is 15.1. The van der Waals surface area contributed by atoms with Crippen molar-refractivity contribution in [3.05, 3.63) is 28.2 Å². The van der Waals surface area contributed by atoms with Crippen LogP contribution in [0.1, 0.15) is 26.7 Å². The molecule has 1 N–H and O–H groups in total. The maximum absolute atomic E-state index is 12.0. The number of nitrogens with one attached hydrogen (secondary N) is 1. The van der Waals surface area contributed by atoms with E-state index in [9.17, 15) is 9.59 Å². The molecule has 0 bridgehead atoms. The van der Waals surface area contributed by atoms with E-state index in [1.807, 2.05) is 6.92 Å². The molecule has 4 nitrogen and oxygen atoms in total. The van der Waals surface area contributed by atoms with Gasteiger partial charge in [0.1, 0.15) is 0 Å². The molecule has 0 unspecified atom stereocenters. The molecule has 0 aromatic heterocycles. The average Bonchev–Trinajstić information content (AvgIpc) is 2.38. The Morgan fingerprint density at radius 3 is 2.35 bits per heavy atom. The lowest BCUT2D eigenvalue weighted by atomic mass is 10.3. The minimum Gasteiger partial charge on any atom is -0.334 e. The Morgan fingerprint density at radius 2 is 1.85 bits per heavy atom. The molecule has 0 heterocycles. The molecule has 110 valence electrons. The Bertz CT molecular complexity index is 472. The maximum Gasteiger partial charge on any atom is 0.244 e. The normalized spacial score (nSPS) is 10.2. The third-order valence-electron chi connectivity index (χ3n) is 2.79. The van der Waals surface area contributed by atoms with Crippen LogP contribution in [0.5, 0.6) is 0 Å². The van der Waals surface area contributed by atoms with Gasteiger partial charge in [-0.2, -0.15) is 0 Å². The van der Waals surface area contributed by atoms with Gasteiger partial charge in [-0.15, -0.1) is 0 Å². The van der Waals surface area contributed by atoms with Crippen LogP contribution >= 0.6 is 23.2 Å². The third kappa shape index (κ3) is 5.02. The van der Waals surface area contributed by atoms with Crippen molar-refractivity contribution >= 4 is 40.7 Å². The molecule has 20 heavy (non-hydrogen) atoms. The van der Waals surface area contributed by atoms with Gasteiger partial charge < -0.3 is 10.2 Å². The SMILES string of the molecule is CCCCN(CC(=O)Nc1c(Cl)cccc1Cl)C(C)=O. The number of amides is 2. The highest BCUT2D eigenvalue weighted by molar-refractivity contribution is 6.39. The molecular formula is C14H18Cl2N2O2. The molecule has 0 aliphatic carbocycles. The smallest absolute Gasteiger partial charge is 0.244 e. The summed E-state index contributed by atoms with van der Waals surface area (Å²) >= 11 is 12.0. The fourth-order valence-electron chi connectivity index (χ4n) is 1.67. The van der Waals surface area contributed by atoms with E-state index in [4.69, 9.17) is 23.2 Å². The summed E-state index contributed by atoms with van der Waals surface area (Å²) in [6.07, 6.45) is 1.82. The minimum absolute atomic E-state index is 0.00309. The van der Waals surface area contributed by atoms with E-state index in [-0.39, 0.29) is 18.4 Å². The number of carbonyl (C=O) groups is 2. The van der Waals surface area contributed by atoms with Crippen LogP contribution in [0.4, 0.5) is 5.69 Å². The summed E-state index contributed by atoms with van der Waals surface area (Å²) in [5, 5.41) is 3.38. The lowest BCUT2D eigenvalue weighted by Crippen LogP contribution is -2.37. The third-order valence-corrected chi connectivity index (χ3v) is 3.42. The molecule has 0 atom stereocenters. The number of rotatable bonds is 6. The second kappa shape index (κ2) is 8.12. The second-order valence-corrected chi connectivity index (χ2v) is 5.25. The molecular weight excluding hydrogens is 299 g/mol. The van der Waals surface area contributed by atoms with Crippen molar-refractivity contribution in [1.82, 2.24) is 4.90 Å². The summed E-state index contributed by atoms with van der Waals surface area (Å²) in [6.45, 7) is 4.04.